The van der Waals surface area contributed by atoms with Crippen molar-refractivity contribution in [3.05, 3.63) is 69.7 Å². The fourth-order valence-electron chi connectivity index (χ4n) is 2.24. The van der Waals surface area contributed by atoms with Crippen molar-refractivity contribution >= 4 is 40.9 Å². The quantitative estimate of drug-likeness (QED) is 0.644. The van der Waals surface area contributed by atoms with E-state index in [9.17, 15) is 4.79 Å². The summed E-state index contributed by atoms with van der Waals surface area (Å²) >= 11 is 12.0. The van der Waals surface area contributed by atoms with Crippen LogP contribution in [0.5, 0.6) is 0 Å². The molecule has 0 radical (unpaired) electrons. The summed E-state index contributed by atoms with van der Waals surface area (Å²) in [4.78, 5) is 12.2. The largest absolute Gasteiger partial charge is 0.322 e. The zero-order valence-electron chi connectivity index (χ0n) is 13.1. The Morgan fingerprint density at radius 2 is 1.96 bits per heavy atom. The zero-order chi connectivity index (χ0) is 16.8. The third-order valence-electron chi connectivity index (χ3n) is 3.74. The Bertz CT molecular complexity index is 725. The van der Waals surface area contributed by atoms with E-state index in [1.807, 2.05) is 24.3 Å². The molecule has 0 heterocycles. The van der Waals surface area contributed by atoms with Gasteiger partial charge in [-0.2, -0.15) is 0 Å². The van der Waals surface area contributed by atoms with Crippen molar-refractivity contribution < 1.29 is 4.79 Å². The first-order valence-corrected chi connectivity index (χ1v) is 8.30. The third kappa shape index (κ3) is 4.85. The van der Waals surface area contributed by atoms with E-state index in [1.54, 1.807) is 24.3 Å². The van der Waals surface area contributed by atoms with Gasteiger partial charge in [0.2, 0.25) is 5.91 Å². The molecule has 2 rings (SSSR count). The highest BCUT2D eigenvalue weighted by molar-refractivity contribution is 6.35. The maximum atomic E-state index is 12.2. The molecule has 1 atom stereocenters. The predicted molar refractivity (Wildman–Crippen MR) is 99.3 cm³/mol. The molecule has 4 heteroatoms. The van der Waals surface area contributed by atoms with E-state index in [0.29, 0.717) is 16.0 Å². The van der Waals surface area contributed by atoms with Crippen LogP contribution in [0.4, 0.5) is 5.69 Å². The van der Waals surface area contributed by atoms with E-state index in [1.165, 1.54) is 6.08 Å². The highest BCUT2D eigenvalue weighted by Gasteiger charge is 2.09. The number of benzene rings is 2. The molecule has 2 nitrogen and oxygen atoms in total. The monoisotopic (exact) mass is 347 g/mol. The number of amides is 1. The number of para-hydroxylation sites is 1. The number of hydrogen-bond acceptors (Lipinski definition) is 1. The summed E-state index contributed by atoms with van der Waals surface area (Å²) < 4.78 is 0. The van der Waals surface area contributed by atoms with Gasteiger partial charge in [-0.1, -0.05) is 61.3 Å². The minimum absolute atomic E-state index is 0.188. The van der Waals surface area contributed by atoms with Crippen LogP contribution in [0.2, 0.25) is 10.0 Å². The standard InChI is InChI=1S/C19H19Cl2NO/c1-3-13(2)16-6-4-5-7-18(16)22-19(23)11-9-14-8-10-15(20)12-17(14)21/h4-13H,3H2,1-2H3,(H,22,23)/b11-9+. The van der Waals surface area contributed by atoms with Gasteiger partial charge in [0.1, 0.15) is 0 Å². The van der Waals surface area contributed by atoms with E-state index in [-0.39, 0.29) is 5.91 Å². The van der Waals surface area contributed by atoms with Crippen molar-refractivity contribution in [1.82, 2.24) is 0 Å². The van der Waals surface area contributed by atoms with Gasteiger partial charge in [-0.25, -0.2) is 0 Å². The lowest BCUT2D eigenvalue weighted by molar-refractivity contribution is -0.111. The van der Waals surface area contributed by atoms with Crippen LogP contribution in [0, 0.1) is 0 Å². The number of halogens is 2. The third-order valence-corrected chi connectivity index (χ3v) is 4.30. The Balaban J connectivity index is 2.12. The van der Waals surface area contributed by atoms with Crippen molar-refractivity contribution in [2.75, 3.05) is 5.32 Å². The summed E-state index contributed by atoms with van der Waals surface area (Å²) in [5, 5.41) is 4.02. The molecule has 23 heavy (non-hydrogen) atoms. The van der Waals surface area contributed by atoms with E-state index in [2.05, 4.69) is 19.2 Å². The molecule has 0 saturated heterocycles. The summed E-state index contributed by atoms with van der Waals surface area (Å²) in [6, 6.07) is 13.0. The van der Waals surface area contributed by atoms with Gasteiger partial charge >= 0.3 is 0 Å². The number of carbonyl (C=O) groups is 1. The van der Waals surface area contributed by atoms with Crippen molar-refractivity contribution in [3.63, 3.8) is 0 Å². The fraction of sp³-hybridized carbons (Fsp3) is 0.211. The van der Waals surface area contributed by atoms with Crippen molar-refractivity contribution in [3.8, 4) is 0 Å². The molecule has 120 valence electrons. The Kier molecular flexibility index (Phi) is 6.26. The number of nitrogens with one attached hydrogen (secondary N) is 1. The molecule has 0 fully saturated rings. The van der Waals surface area contributed by atoms with E-state index in [4.69, 9.17) is 23.2 Å². The first kappa shape index (κ1) is 17.6. The Hall–Kier alpha value is -1.77. The molecule has 1 N–H and O–H groups in total. The normalized spacial score (nSPS) is 12.3. The Labute approximate surface area is 147 Å². The highest BCUT2D eigenvalue weighted by Crippen LogP contribution is 2.26. The van der Waals surface area contributed by atoms with Gasteiger partial charge in [-0.05, 0) is 47.7 Å². The van der Waals surface area contributed by atoms with Gasteiger partial charge in [0.15, 0.2) is 0 Å². The van der Waals surface area contributed by atoms with Crippen LogP contribution in [0.25, 0.3) is 6.08 Å². The highest BCUT2D eigenvalue weighted by atomic mass is 35.5. The molecule has 1 amide bonds. The molecule has 0 bridgehead atoms. The number of carbonyl (C=O) groups excluding carboxylic acids is 1. The smallest absolute Gasteiger partial charge is 0.248 e. The van der Waals surface area contributed by atoms with Crippen LogP contribution >= 0.6 is 23.2 Å². The first-order valence-electron chi connectivity index (χ1n) is 7.54. The van der Waals surface area contributed by atoms with Gasteiger partial charge < -0.3 is 5.32 Å². The van der Waals surface area contributed by atoms with Crippen LogP contribution in [0.3, 0.4) is 0 Å². The molecule has 0 aliphatic carbocycles. The summed E-state index contributed by atoms with van der Waals surface area (Å²) in [6.07, 6.45) is 4.17. The molecule has 2 aromatic carbocycles. The van der Waals surface area contributed by atoms with E-state index in [0.717, 1.165) is 23.2 Å². The number of anilines is 1. The lowest BCUT2D eigenvalue weighted by atomic mass is 9.97. The summed E-state index contributed by atoms with van der Waals surface area (Å²) in [5.74, 6) is 0.202. The van der Waals surface area contributed by atoms with Crippen molar-refractivity contribution in [1.29, 1.82) is 0 Å². The Morgan fingerprint density at radius 1 is 1.22 bits per heavy atom. The maximum absolute atomic E-state index is 12.2. The van der Waals surface area contributed by atoms with Gasteiger partial charge in [0, 0.05) is 21.8 Å². The van der Waals surface area contributed by atoms with Gasteiger partial charge in [0.25, 0.3) is 0 Å². The van der Waals surface area contributed by atoms with Gasteiger partial charge in [0.05, 0.1) is 0 Å². The number of hydrogen-bond donors (Lipinski definition) is 1. The molecule has 0 aliphatic heterocycles. The predicted octanol–water partition coefficient (Wildman–Crippen LogP) is 6.16. The van der Waals surface area contributed by atoms with Gasteiger partial charge in [-0.15, -0.1) is 0 Å². The lowest BCUT2D eigenvalue weighted by Crippen LogP contribution is -2.10. The van der Waals surface area contributed by atoms with Crippen LogP contribution in [0.15, 0.2) is 48.5 Å². The van der Waals surface area contributed by atoms with Crippen LogP contribution < -0.4 is 5.32 Å². The van der Waals surface area contributed by atoms with Gasteiger partial charge in [-0.3, -0.25) is 4.79 Å². The van der Waals surface area contributed by atoms with Crippen molar-refractivity contribution in [2.24, 2.45) is 0 Å². The molecule has 0 spiro atoms. The molecular formula is C19H19Cl2NO. The topological polar surface area (TPSA) is 29.1 Å². The second kappa shape index (κ2) is 8.19. The molecule has 0 aromatic heterocycles. The van der Waals surface area contributed by atoms with Crippen LogP contribution in [-0.2, 0) is 4.79 Å². The minimum Gasteiger partial charge on any atom is -0.322 e. The molecule has 2 aromatic rings. The van der Waals surface area contributed by atoms with E-state index < -0.39 is 0 Å². The molecule has 1 unspecified atom stereocenters. The summed E-state index contributed by atoms with van der Waals surface area (Å²) in [6.45, 7) is 4.28. The molecular weight excluding hydrogens is 329 g/mol. The summed E-state index contributed by atoms with van der Waals surface area (Å²) in [7, 11) is 0. The second-order valence-corrected chi connectivity index (χ2v) is 6.23. The molecule has 0 saturated carbocycles. The summed E-state index contributed by atoms with van der Waals surface area (Å²) in [5.41, 5.74) is 2.74. The average Bonchev–Trinajstić information content (AvgIpc) is 2.54. The number of rotatable bonds is 5. The van der Waals surface area contributed by atoms with Crippen molar-refractivity contribution in [2.45, 2.75) is 26.2 Å². The maximum Gasteiger partial charge on any atom is 0.248 e. The molecule has 0 aliphatic rings. The SMILES string of the molecule is CCC(C)c1ccccc1NC(=O)/C=C/c1ccc(Cl)cc1Cl. The van der Waals surface area contributed by atoms with E-state index >= 15 is 0 Å². The second-order valence-electron chi connectivity index (χ2n) is 5.38. The fourth-order valence-corrected chi connectivity index (χ4v) is 2.71. The minimum atomic E-state index is -0.188. The first-order chi connectivity index (χ1) is 11.0. The average molecular weight is 348 g/mol. The zero-order valence-corrected chi connectivity index (χ0v) is 14.7. The van der Waals surface area contributed by atoms with Crippen LogP contribution in [-0.4, -0.2) is 5.91 Å². The lowest BCUT2D eigenvalue weighted by Gasteiger charge is -2.14. The Morgan fingerprint density at radius 3 is 2.65 bits per heavy atom. The van der Waals surface area contributed by atoms with Crippen LogP contribution in [0.1, 0.15) is 37.3 Å².